The molecule has 3 aromatic carbocycles. The standard InChI is InChI=1S/C26H19Cl2NO6/c1-14-11-21-17(12-19(14)28)23(31)25(24(35-21)15-7-3-5-9-18(15)27)34-13-22(30)29-20-10-6-4-8-16(20)26(32)33-2/h3-12H,13H2,1-2H3,(H,29,30). The van der Waals surface area contributed by atoms with Gasteiger partial charge in [-0.2, -0.15) is 0 Å². The number of carbonyl (C=O) groups is 2. The molecular weight excluding hydrogens is 493 g/mol. The third-order valence-corrected chi connectivity index (χ3v) is 5.94. The smallest absolute Gasteiger partial charge is 0.339 e. The summed E-state index contributed by atoms with van der Waals surface area (Å²) in [4.78, 5) is 38.0. The summed E-state index contributed by atoms with van der Waals surface area (Å²) in [5, 5.41) is 3.51. The van der Waals surface area contributed by atoms with Crippen LogP contribution in [0.4, 0.5) is 5.69 Å². The summed E-state index contributed by atoms with van der Waals surface area (Å²) in [6.45, 7) is 1.25. The number of halogens is 2. The van der Waals surface area contributed by atoms with E-state index >= 15 is 0 Å². The van der Waals surface area contributed by atoms with Crippen LogP contribution < -0.4 is 15.5 Å². The lowest BCUT2D eigenvalue weighted by Gasteiger charge is -2.14. The van der Waals surface area contributed by atoms with Gasteiger partial charge in [-0.3, -0.25) is 9.59 Å². The minimum atomic E-state index is -0.606. The number of methoxy groups -OCH3 is 1. The lowest BCUT2D eigenvalue weighted by atomic mass is 10.1. The third kappa shape index (κ3) is 5.01. The van der Waals surface area contributed by atoms with E-state index in [9.17, 15) is 14.4 Å². The number of rotatable bonds is 6. The molecule has 1 aromatic heterocycles. The van der Waals surface area contributed by atoms with Crippen LogP contribution >= 0.6 is 23.2 Å². The van der Waals surface area contributed by atoms with Crippen molar-refractivity contribution in [2.75, 3.05) is 19.0 Å². The summed E-state index contributed by atoms with van der Waals surface area (Å²) in [6, 6.07) is 16.3. The number of anilines is 1. The molecule has 0 aliphatic heterocycles. The van der Waals surface area contributed by atoms with Gasteiger partial charge in [-0.15, -0.1) is 0 Å². The highest BCUT2D eigenvalue weighted by atomic mass is 35.5. The molecule has 4 aromatic rings. The van der Waals surface area contributed by atoms with E-state index in [1.807, 2.05) is 0 Å². The van der Waals surface area contributed by atoms with Crippen LogP contribution in [0.5, 0.6) is 5.75 Å². The second-order valence-electron chi connectivity index (χ2n) is 7.54. The summed E-state index contributed by atoms with van der Waals surface area (Å²) >= 11 is 12.6. The van der Waals surface area contributed by atoms with Crippen LogP contribution in [0, 0.1) is 6.92 Å². The number of carbonyl (C=O) groups excluding carboxylic acids is 2. The van der Waals surface area contributed by atoms with Crippen molar-refractivity contribution in [1.29, 1.82) is 0 Å². The van der Waals surface area contributed by atoms with Crippen molar-refractivity contribution >= 4 is 51.7 Å². The monoisotopic (exact) mass is 511 g/mol. The van der Waals surface area contributed by atoms with E-state index in [1.54, 1.807) is 55.5 Å². The second-order valence-corrected chi connectivity index (χ2v) is 8.36. The molecule has 1 N–H and O–H groups in total. The molecule has 1 heterocycles. The topological polar surface area (TPSA) is 94.8 Å². The molecule has 0 saturated carbocycles. The molecule has 0 aliphatic rings. The quantitative estimate of drug-likeness (QED) is 0.325. The van der Waals surface area contributed by atoms with E-state index in [0.717, 1.165) is 5.56 Å². The minimum Gasteiger partial charge on any atom is -0.476 e. The zero-order valence-electron chi connectivity index (χ0n) is 18.7. The molecule has 0 saturated heterocycles. The van der Waals surface area contributed by atoms with Gasteiger partial charge in [0.15, 0.2) is 12.4 Å². The van der Waals surface area contributed by atoms with E-state index in [2.05, 4.69) is 5.32 Å². The number of benzene rings is 3. The first-order valence-corrected chi connectivity index (χ1v) is 11.2. The number of aryl methyl sites for hydroxylation is 1. The van der Waals surface area contributed by atoms with Gasteiger partial charge in [0.1, 0.15) is 5.58 Å². The zero-order valence-corrected chi connectivity index (χ0v) is 20.2. The molecule has 35 heavy (non-hydrogen) atoms. The SMILES string of the molecule is COC(=O)c1ccccc1NC(=O)COc1c(-c2ccccc2Cl)oc2cc(C)c(Cl)cc2c1=O. The highest BCUT2D eigenvalue weighted by molar-refractivity contribution is 6.33. The van der Waals surface area contributed by atoms with Gasteiger partial charge in [0, 0.05) is 10.6 Å². The molecule has 7 nitrogen and oxygen atoms in total. The number of amides is 1. The van der Waals surface area contributed by atoms with Crippen LogP contribution in [0.15, 0.2) is 69.9 Å². The summed E-state index contributed by atoms with van der Waals surface area (Å²) in [5.41, 5.74) is 1.36. The molecule has 9 heteroatoms. The van der Waals surface area contributed by atoms with Crippen molar-refractivity contribution in [2.24, 2.45) is 0 Å². The molecule has 0 fully saturated rings. The molecule has 0 atom stereocenters. The Hall–Kier alpha value is -3.81. The fraction of sp³-hybridized carbons (Fsp3) is 0.115. The van der Waals surface area contributed by atoms with E-state index in [0.29, 0.717) is 21.2 Å². The molecular formula is C26H19Cl2NO6. The lowest BCUT2D eigenvalue weighted by Crippen LogP contribution is -2.23. The number of para-hydroxylation sites is 1. The van der Waals surface area contributed by atoms with Gasteiger partial charge in [-0.25, -0.2) is 4.79 Å². The van der Waals surface area contributed by atoms with Gasteiger partial charge in [0.05, 0.1) is 28.8 Å². The largest absolute Gasteiger partial charge is 0.476 e. The van der Waals surface area contributed by atoms with Gasteiger partial charge in [0.2, 0.25) is 11.2 Å². The average molecular weight is 512 g/mol. The summed E-state index contributed by atoms with van der Waals surface area (Å²) in [5.74, 6) is -1.32. The lowest BCUT2D eigenvalue weighted by molar-refractivity contribution is -0.118. The average Bonchev–Trinajstić information content (AvgIpc) is 2.85. The number of fused-ring (bicyclic) bond motifs is 1. The maximum Gasteiger partial charge on any atom is 0.339 e. The number of esters is 1. The Morgan fingerprint density at radius 1 is 1.00 bits per heavy atom. The fourth-order valence-corrected chi connectivity index (χ4v) is 3.84. The van der Waals surface area contributed by atoms with Crippen LogP contribution in [0.3, 0.4) is 0 Å². The van der Waals surface area contributed by atoms with Crippen molar-refractivity contribution in [2.45, 2.75) is 6.92 Å². The van der Waals surface area contributed by atoms with Gasteiger partial charge < -0.3 is 19.2 Å². The Kier molecular flexibility index (Phi) is 7.10. The first-order chi connectivity index (χ1) is 16.8. The fourth-order valence-electron chi connectivity index (χ4n) is 3.46. The number of ether oxygens (including phenoxy) is 2. The van der Waals surface area contributed by atoms with Crippen LogP contribution in [0.2, 0.25) is 10.0 Å². The van der Waals surface area contributed by atoms with Gasteiger partial charge in [0.25, 0.3) is 5.91 Å². The molecule has 1 amide bonds. The van der Waals surface area contributed by atoms with E-state index in [1.165, 1.54) is 19.2 Å². The minimum absolute atomic E-state index is 0.0811. The maximum atomic E-state index is 13.4. The molecule has 4 rings (SSSR count). The van der Waals surface area contributed by atoms with Gasteiger partial charge in [-0.1, -0.05) is 47.5 Å². The Bertz CT molecular complexity index is 1510. The normalized spacial score (nSPS) is 10.7. The highest BCUT2D eigenvalue weighted by Gasteiger charge is 2.22. The highest BCUT2D eigenvalue weighted by Crippen LogP contribution is 2.36. The predicted molar refractivity (Wildman–Crippen MR) is 135 cm³/mol. The Balaban J connectivity index is 1.72. The van der Waals surface area contributed by atoms with Crippen molar-refractivity contribution in [3.63, 3.8) is 0 Å². The Morgan fingerprint density at radius 3 is 2.46 bits per heavy atom. The van der Waals surface area contributed by atoms with Gasteiger partial charge in [-0.05, 0) is 48.9 Å². The number of hydrogen-bond acceptors (Lipinski definition) is 6. The molecule has 0 unspecified atom stereocenters. The molecule has 0 spiro atoms. The van der Waals surface area contributed by atoms with Crippen LogP contribution in [0.25, 0.3) is 22.3 Å². The maximum absolute atomic E-state index is 13.4. The molecule has 0 bridgehead atoms. The van der Waals surface area contributed by atoms with Crippen molar-refractivity contribution in [3.8, 4) is 17.1 Å². The summed E-state index contributed by atoms with van der Waals surface area (Å²) in [6.07, 6.45) is 0. The van der Waals surface area contributed by atoms with Crippen molar-refractivity contribution < 1.29 is 23.5 Å². The van der Waals surface area contributed by atoms with E-state index in [4.69, 9.17) is 37.1 Å². The Labute approximate surface area is 210 Å². The zero-order chi connectivity index (χ0) is 25.1. The van der Waals surface area contributed by atoms with Gasteiger partial charge >= 0.3 is 5.97 Å². The number of hydrogen-bond donors (Lipinski definition) is 1. The number of nitrogens with one attached hydrogen (secondary N) is 1. The van der Waals surface area contributed by atoms with Crippen molar-refractivity contribution in [1.82, 2.24) is 0 Å². The van der Waals surface area contributed by atoms with Crippen molar-refractivity contribution in [3.05, 3.63) is 92.1 Å². The second kappa shape index (κ2) is 10.2. The molecule has 178 valence electrons. The molecule has 0 aliphatic carbocycles. The third-order valence-electron chi connectivity index (χ3n) is 5.20. The van der Waals surface area contributed by atoms with Crippen LogP contribution in [-0.4, -0.2) is 25.6 Å². The Morgan fingerprint density at radius 2 is 1.71 bits per heavy atom. The summed E-state index contributed by atoms with van der Waals surface area (Å²) in [7, 11) is 1.24. The predicted octanol–water partition coefficient (Wildman–Crippen LogP) is 5.88. The van der Waals surface area contributed by atoms with Crippen LogP contribution in [-0.2, 0) is 9.53 Å². The first kappa shape index (κ1) is 24.3. The molecule has 0 radical (unpaired) electrons. The van der Waals surface area contributed by atoms with E-state index < -0.39 is 23.9 Å². The van der Waals surface area contributed by atoms with E-state index in [-0.39, 0.29) is 28.1 Å². The van der Waals surface area contributed by atoms with Crippen LogP contribution in [0.1, 0.15) is 15.9 Å². The summed E-state index contributed by atoms with van der Waals surface area (Å²) < 4.78 is 16.5. The first-order valence-electron chi connectivity index (χ1n) is 10.4.